The summed E-state index contributed by atoms with van der Waals surface area (Å²) in [5, 5.41) is 0. The van der Waals surface area contributed by atoms with Crippen LogP contribution in [0.25, 0.3) is 0 Å². The summed E-state index contributed by atoms with van der Waals surface area (Å²) < 4.78 is 0. The molecule has 0 aromatic carbocycles. The zero-order chi connectivity index (χ0) is 11.0. The molecule has 0 saturated heterocycles. The molecule has 0 saturated carbocycles. The molecule has 0 fully saturated rings. The maximum Gasteiger partial charge on any atom is 0.00356 e. The van der Waals surface area contributed by atoms with E-state index in [1.807, 2.05) is 0 Å². The Bertz CT molecular complexity index is 147. The van der Waals surface area contributed by atoms with Crippen molar-refractivity contribution in [2.45, 2.75) is 53.0 Å². The van der Waals surface area contributed by atoms with Crippen molar-refractivity contribution in [3.8, 4) is 0 Å². The van der Waals surface area contributed by atoms with Gasteiger partial charge in [-0.1, -0.05) is 26.0 Å². The molecule has 1 nitrogen and oxygen atoms in total. The first-order valence-electron chi connectivity index (χ1n) is 5.89. The van der Waals surface area contributed by atoms with E-state index in [4.69, 9.17) is 0 Å². The van der Waals surface area contributed by atoms with Gasteiger partial charge in [0.15, 0.2) is 0 Å². The summed E-state index contributed by atoms with van der Waals surface area (Å²) in [5.41, 5.74) is 0. The Morgan fingerprint density at radius 3 is 2.07 bits per heavy atom. The molecule has 0 heterocycles. The van der Waals surface area contributed by atoms with E-state index in [0.29, 0.717) is 6.04 Å². The molecule has 0 aliphatic carbocycles. The van der Waals surface area contributed by atoms with Crippen molar-refractivity contribution in [3.05, 3.63) is 12.2 Å². The van der Waals surface area contributed by atoms with E-state index in [1.165, 1.54) is 25.8 Å². The first-order valence-corrected chi connectivity index (χ1v) is 5.89. The first kappa shape index (κ1) is 13.7. The molecule has 0 atom stereocenters. The van der Waals surface area contributed by atoms with Crippen LogP contribution in [-0.2, 0) is 0 Å². The molecular weight excluding hydrogens is 170 g/mol. The molecule has 0 aliphatic rings. The quantitative estimate of drug-likeness (QED) is 0.562. The van der Waals surface area contributed by atoms with Gasteiger partial charge >= 0.3 is 0 Å². The summed E-state index contributed by atoms with van der Waals surface area (Å²) in [5.74, 6) is 0.831. The first-order chi connectivity index (χ1) is 6.54. The zero-order valence-electron chi connectivity index (χ0n) is 10.6. The highest BCUT2D eigenvalue weighted by Gasteiger charge is 1.99. The molecule has 0 spiro atoms. The molecule has 0 aromatic rings. The molecule has 0 aliphatic heterocycles. The van der Waals surface area contributed by atoms with E-state index in [0.717, 1.165) is 5.92 Å². The van der Waals surface area contributed by atoms with Gasteiger partial charge in [0.05, 0.1) is 0 Å². The molecular formula is C13H27N. The number of hydrogen-bond acceptors (Lipinski definition) is 1. The predicted molar refractivity (Wildman–Crippen MR) is 65.6 cm³/mol. The largest absolute Gasteiger partial charge is 0.304 e. The molecule has 0 radical (unpaired) electrons. The molecule has 0 bridgehead atoms. The highest BCUT2D eigenvalue weighted by atomic mass is 15.1. The van der Waals surface area contributed by atoms with Gasteiger partial charge in [-0.2, -0.15) is 0 Å². The Balaban J connectivity index is 3.35. The lowest BCUT2D eigenvalue weighted by atomic mass is 10.1. The van der Waals surface area contributed by atoms with Gasteiger partial charge in [-0.25, -0.2) is 0 Å². The van der Waals surface area contributed by atoms with Gasteiger partial charge < -0.3 is 4.90 Å². The summed E-state index contributed by atoms with van der Waals surface area (Å²) in [6.45, 7) is 10.2. The van der Waals surface area contributed by atoms with Crippen LogP contribution < -0.4 is 0 Å². The van der Waals surface area contributed by atoms with E-state index in [-0.39, 0.29) is 0 Å². The SMILES string of the molecule is CC(C)CC/C=C/CCN(C)C(C)C. The fraction of sp³-hybridized carbons (Fsp3) is 0.846. The molecule has 1 heteroatoms. The van der Waals surface area contributed by atoms with Crippen molar-refractivity contribution in [2.24, 2.45) is 5.92 Å². The maximum atomic E-state index is 2.38. The van der Waals surface area contributed by atoms with Crippen LogP contribution in [0.3, 0.4) is 0 Å². The average Bonchev–Trinajstić information content (AvgIpc) is 2.09. The second kappa shape index (κ2) is 8.05. The van der Waals surface area contributed by atoms with Crippen molar-refractivity contribution in [1.29, 1.82) is 0 Å². The van der Waals surface area contributed by atoms with E-state index in [1.54, 1.807) is 0 Å². The second-order valence-corrected chi connectivity index (χ2v) is 4.81. The monoisotopic (exact) mass is 197 g/mol. The lowest BCUT2D eigenvalue weighted by Gasteiger charge is -2.19. The minimum Gasteiger partial charge on any atom is -0.304 e. The molecule has 0 amide bonds. The van der Waals surface area contributed by atoms with E-state index >= 15 is 0 Å². The van der Waals surface area contributed by atoms with Gasteiger partial charge in [-0.15, -0.1) is 0 Å². The molecule has 14 heavy (non-hydrogen) atoms. The summed E-state index contributed by atoms with van der Waals surface area (Å²) in [6.07, 6.45) is 8.39. The Labute approximate surface area is 90.2 Å². The normalized spacial score (nSPS) is 12.6. The molecule has 0 N–H and O–H groups in total. The zero-order valence-corrected chi connectivity index (χ0v) is 10.6. The highest BCUT2D eigenvalue weighted by Crippen LogP contribution is 2.04. The Hall–Kier alpha value is -0.300. The van der Waals surface area contributed by atoms with Crippen molar-refractivity contribution >= 4 is 0 Å². The van der Waals surface area contributed by atoms with Crippen LogP contribution in [0.15, 0.2) is 12.2 Å². The van der Waals surface area contributed by atoms with Crippen molar-refractivity contribution in [1.82, 2.24) is 4.90 Å². The van der Waals surface area contributed by atoms with Gasteiger partial charge in [0.1, 0.15) is 0 Å². The third-order valence-corrected chi connectivity index (χ3v) is 2.61. The molecule has 84 valence electrons. The summed E-state index contributed by atoms with van der Waals surface area (Å²) in [4.78, 5) is 2.38. The Morgan fingerprint density at radius 2 is 1.57 bits per heavy atom. The Kier molecular flexibility index (Phi) is 7.87. The molecule has 0 aromatic heterocycles. The van der Waals surface area contributed by atoms with Gasteiger partial charge in [0.2, 0.25) is 0 Å². The van der Waals surface area contributed by atoms with E-state index in [2.05, 4.69) is 51.8 Å². The van der Waals surface area contributed by atoms with Crippen LogP contribution in [0.1, 0.15) is 47.0 Å². The van der Waals surface area contributed by atoms with Crippen LogP contribution in [0.4, 0.5) is 0 Å². The fourth-order valence-corrected chi connectivity index (χ4v) is 1.20. The average molecular weight is 197 g/mol. The summed E-state index contributed by atoms with van der Waals surface area (Å²) in [7, 11) is 2.19. The fourth-order valence-electron chi connectivity index (χ4n) is 1.20. The van der Waals surface area contributed by atoms with Gasteiger partial charge in [0.25, 0.3) is 0 Å². The number of rotatable bonds is 7. The number of nitrogens with zero attached hydrogens (tertiary/aromatic N) is 1. The second-order valence-electron chi connectivity index (χ2n) is 4.81. The van der Waals surface area contributed by atoms with Crippen LogP contribution >= 0.6 is 0 Å². The lowest BCUT2D eigenvalue weighted by Crippen LogP contribution is -2.26. The van der Waals surface area contributed by atoms with Gasteiger partial charge in [0, 0.05) is 12.6 Å². The van der Waals surface area contributed by atoms with Gasteiger partial charge in [-0.3, -0.25) is 0 Å². The molecule has 0 unspecified atom stereocenters. The third-order valence-electron chi connectivity index (χ3n) is 2.61. The summed E-state index contributed by atoms with van der Waals surface area (Å²) in [6, 6.07) is 0.666. The summed E-state index contributed by atoms with van der Waals surface area (Å²) >= 11 is 0. The number of hydrogen-bond donors (Lipinski definition) is 0. The topological polar surface area (TPSA) is 3.24 Å². The van der Waals surface area contributed by atoms with Crippen LogP contribution in [0.2, 0.25) is 0 Å². The van der Waals surface area contributed by atoms with Crippen molar-refractivity contribution in [2.75, 3.05) is 13.6 Å². The number of allylic oxidation sites excluding steroid dienone is 1. The standard InChI is InChI=1S/C13H27N/c1-12(2)10-8-6-7-9-11-14(5)13(3)4/h6-7,12-13H,8-11H2,1-5H3/b7-6+. The minimum absolute atomic E-state index is 0.666. The Morgan fingerprint density at radius 1 is 1.00 bits per heavy atom. The molecule has 0 rings (SSSR count). The lowest BCUT2D eigenvalue weighted by molar-refractivity contribution is 0.279. The van der Waals surface area contributed by atoms with Crippen molar-refractivity contribution < 1.29 is 0 Å². The van der Waals surface area contributed by atoms with E-state index in [9.17, 15) is 0 Å². The smallest absolute Gasteiger partial charge is 0.00356 e. The van der Waals surface area contributed by atoms with Crippen molar-refractivity contribution in [3.63, 3.8) is 0 Å². The highest BCUT2D eigenvalue weighted by molar-refractivity contribution is 4.82. The minimum atomic E-state index is 0.666. The van der Waals surface area contributed by atoms with Crippen LogP contribution in [0, 0.1) is 5.92 Å². The van der Waals surface area contributed by atoms with Crippen LogP contribution in [-0.4, -0.2) is 24.5 Å². The van der Waals surface area contributed by atoms with Crippen LogP contribution in [0.5, 0.6) is 0 Å². The van der Waals surface area contributed by atoms with Gasteiger partial charge in [-0.05, 0) is 46.1 Å². The van der Waals surface area contributed by atoms with E-state index < -0.39 is 0 Å². The third kappa shape index (κ3) is 8.31. The predicted octanol–water partition coefficient (Wildman–Crippen LogP) is 3.71. The maximum absolute atomic E-state index is 2.38.